The summed E-state index contributed by atoms with van der Waals surface area (Å²) >= 11 is 6.36. The summed E-state index contributed by atoms with van der Waals surface area (Å²) in [6, 6.07) is 1.81. The molecule has 0 aliphatic carbocycles. The van der Waals surface area contributed by atoms with Crippen molar-refractivity contribution in [3.63, 3.8) is 0 Å². The molecule has 2 aliphatic rings. The molecule has 0 bridgehead atoms. The highest BCUT2D eigenvalue weighted by Crippen LogP contribution is 2.48. The first-order valence-corrected chi connectivity index (χ1v) is 7.55. The van der Waals surface area contributed by atoms with E-state index in [-0.39, 0.29) is 0 Å². The number of hydrogen-bond acceptors (Lipinski definition) is 4. The molecule has 1 fully saturated rings. The van der Waals surface area contributed by atoms with Crippen molar-refractivity contribution in [2.75, 3.05) is 33.4 Å². The average Bonchev–Trinajstić information content (AvgIpc) is 2.71. The van der Waals surface area contributed by atoms with Crippen molar-refractivity contribution in [2.45, 2.75) is 25.2 Å². The van der Waals surface area contributed by atoms with Gasteiger partial charge >= 0.3 is 0 Å². The molecule has 2 aliphatic heterocycles. The third kappa shape index (κ3) is 2.54. The number of rotatable bonds is 2. The van der Waals surface area contributed by atoms with Gasteiger partial charge in [-0.1, -0.05) is 11.6 Å². The molecule has 1 aromatic carbocycles. The van der Waals surface area contributed by atoms with Crippen molar-refractivity contribution in [1.82, 2.24) is 5.32 Å². The summed E-state index contributed by atoms with van der Waals surface area (Å²) in [7, 11) is 1.66. The van der Waals surface area contributed by atoms with Gasteiger partial charge in [-0.05, 0) is 19.4 Å². The quantitative estimate of drug-likeness (QED) is 0.911. The number of hydrogen-bond donors (Lipinski definition) is 1. The van der Waals surface area contributed by atoms with Gasteiger partial charge in [0.05, 0.1) is 25.3 Å². The largest absolute Gasteiger partial charge is 0.495 e. The van der Waals surface area contributed by atoms with Crippen molar-refractivity contribution >= 4 is 11.6 Å². The topological polar surface area (TPSA) is 39.7 Å². The maximum atomic E-state index is 6.36. The van der Waals surface area contributed by atoms with E-state index < -0.39 is 0 Å². The van der Waals surface area contributed by atoms with Gasteiger partial charge in [-0.3, -0.25) is 0 Å². The maximum absolute atomic E-state index is 6.36. The Hall–Kier alpha value is -1.13. The second-order valence-electron chi connectivity index (χ2n) is 5.23. The van der Waals surface area contributed by atoms with E-state index >= 15 is 0 Å². The van der Waals surface area contributed by atoms with Crippen molar-refractivity contribution in [3.8, 4) is 17.2 Å². The molecule has 0 spiro atoms. The summed E-state index contributed by atoms with van der Waals surface area (Å²) in [6.07, 6.45) is 3.15. The van der Waals surface area contributed by atoms with E-state index in [4.69, 9.17) is 25.8 Å². The van der Waals surface area contributed by atoms with Crippen LogP contribution in [0.3, 0.4) is 0 Å². The van der Waals surface area contributed by atoms with E-state index in [1.165, 1.54) is 0 Å². The van der Waals surface area contributed by atoms with Crippen LogP contribution in [0.25, 0.3) is 0 Å². The predicted molar refractivity (Wildman–Crippen MR) is 78.5 cm³/mol. The third-order valence-corrected chi connectivity index (χ3v) is 4.17. The van der Waals surface area contributed by atoms with Crippen LogP contribution in [-0.2, 0) is 0 Å². The molecule has 1 N–H and O–H groups in total. The molecule has 2 heterocycles. The fourth-order valence-electron chi connectivity index (χ4n) is 2.96. The highest BCUT2D eigenvalue weighted by molar-refractivity contribution is 6.32. The van der Waals surface area contributed by atoms with Gasteiger partial charge in [0.25, 0.3) is 0 Å². The minimum absolute atomic E-state index is 0.354. The maximum Gasteiger partial charge on any atom is 0.168 e. The molecule has 1 atom stereocenters. The Morgan fingerprint density at radius 1 is 1.30 bits per heavy atom. The van der Waals surface area contributed by atoms with Crippen molar-refractivity contribution in [1.29, 1.82) is 0 Å². The van der Waals surface area contributed by atoms with Crippen LogP contribution in [0.5, 0.6) is 17.2 Å². The van der Waals surface area contributed by atoms with E-state index in [2.05, 4.69) is 5.32 Å². The lowest BCUT2D eigenvalue weighted by molar-refractivity contribution is 0.293. The summed E-state index contributed by atoms with van der Waals surface area (Å²) < 4.78 is 17.3. The molecule has 0 saturated carbocycles. The highest BCUT2D eigenvalue weighted by Gasteiger charge is 2.29. The molecule has 0 amide bonds. The molecule has 5 heteroatoms. The normalized spacial score (nSPS) is 22.2. The fraction of sp³-hybridized carbons (Fsp3) is 0.600. The van der Waals surface area contributed by atoms with Crippen molar-refractivity contribution < 1.29 is 14.2 Å². The number of ether oxygens (including phenoxy) is 3. The zero-order chi connectivity index (χ0) is 13.9. The molecule has 0 aromatic heterocycles. The van der Waals surface area contributed by atoms with E-state index in [1.54, 1.807) is 13.2 Å². The summed E-state index contributed by atoms with van der Waals surface area (Å²) in [5.74, 6) is 2.64. The molecular formula is C15H20ClNO3. The molecule has 4 nitrogen and oxygen atoms in total. The van der Waals surface area contributed by atoms with Crippen molar-refractivity contribution in [3.05, 3.63) is 16.7 Å². The SMILES string of the molecule is COc1c(Cl)cc2c(c1C1CCCNC1)OCCCO2. The zero-order valence-electron chi connectivity index (χ0n) is 11.7. The van der Waals surface area contributed by atoms with Crippen LogP contribution in [0.4, 0.5) is 0 Å². The Morgan fingerprint density at radius 2 is 2.15 bits per heavy atom. The summed E-state index contributed by atoms with van der Waals surface area (Å²) in [5, 5.41) is 4.03. The second kappa shape index (κ2) is 6.10. The van der Waals surface area contributed by atoms with Crippen molar-refractivity contribution in [2.24, 2.45) is 0 Å². The highest BCUT2D eigenvalue weighted by atomic mass is 35.5. The van der Waals surface area contributed by atoms with Gasteiger partial charge in [-0.2, -0.15) is 0 Å². The zero-order valence-corrected chi connectivity index (χ0v) is 12.5. The van der Waals surface area contributed by atoms with Crippen LogP contribution in [-0.4, -0.2) is 33.4 Å². The molecule has 1 saturated heterocycles. The Morgan fingerprint density at radius 3 is 2.90 bits per heavy atom. The van der Waals surface area contributed by atoms with Gasteiger partial charge in [0.2, 0.25) is 0 Å². The summed E-state index contributed by atoms with van der Waals surface area (Å²) in [5.41, 5.74) is 1.06. The van der Waals surface area contributed by atoms with E-state index in [0.29, 0.717) is 24.2 Å². The minimum atomic E-state index is 0.354. The number of fused-ring (bicyclic) bond motifs is 1. The molecule has 3 rings (SSSR count). The van der Waals surface area contributed by atoms with Gasteiger partial charge < -0.3 is 19.5 Å². The van der Waals surface area contributed by atoms with Gasteiger partial charge in [-0.15, -0.1) is 0 Å². The van der Waals surface area contributed by atoms with E-state index in [1.807, 2.05) is 0 Å². The Bertz CT molecular complexity index is 486. The van der Waals surface area contributed by atoms with Crippen LogP contribution < -0.4 is 19.5 Å². The number of halogens is 1. The average molecular weight is 298 g/mol. The number of nitrogens with one attached hydrogen (secondary N) is 1. The lowest BCUT2D eigenvalue weighted by Gasteiger charge is -2.27. The molecule has 20 heavy (non-hydrogen) atoms. The van der Waals surface area contributed by atoms with E-state index in [0.717, 1.165) is 55.2 Å². The number of piperidine rings is 1. The standard InChI is InChI=1S/C15H20ClNO3/c1-18-14-11(16)8-12-15(20-7-3-6-19-12)13(14)10-4-2-5-17-9-10/h8,10,17H,2-7,9H2,1H3. The Labute approximate surface area is 124 Å². The molecule has 0 radical (unpaired) electrons. The molecule has 110 valence electrons. The first kappa shape index (κ1) is 13.8. The number of methoxy groups -OCH3 is 1. The second-order valence-corrected chi connectivity index (χ2v) is 5.63. The molecule has 1 aromatic rings. The molecular weight excluding hydrogens is 278 g/mol. The third-order valence-electron chi connectivity index (χ3n) is 3.89. The van der Waals surface area contributed by atoms with Crippen LogP contribution in [0, 0.1) is 0 Å². The molecule has 1 unspecified atom stereocenters. The van der Waals surface area contributed by atoms with E-state index in [9.17, 15) is 0 Å². The van der Waals surface area contributed by atoms with Crippen LogP contribution in [0.1, 0.15) is 30.7 Å². The smallest absolute Gasteiger partial charge is 0.168 e. The summed E-state index contributed by atoms with van der Waals surface area (Å²) in [6.45, 7) is 3.33. The first-order chi connectivity index (χ1) is 9.81. The van der Waals surface area contributed by atoms with Crippen LogP contribution in [0.2, 0.25) is 5.02 Å². The summed E-state index contributed by atoms with van der Waals surface area (Å²) in [4.78, 5) is 0. The van der Waals surface area contributed by atoms with Gasteiger partial charge in [-0.25, -0.2) is 0 Å². The Kier molecular flexibility index (Phi) is 4.22. The Balaban J connectivity index is 2.09. The van der Waals surface area contributed by atoms with Gasteiger partial charge in [0.15, 0.2) is 11.5 Å². The van der Waals surface area contributed by atoms with Gasteiger partial charge in [0, 0.05) is 30.5 Å². The fourth-order valence-corrected chi connectivity index (χ4v) is 3.24. The van der Waals surface area contributed by atoms with Crippen LogP contribution in [0.15, 0.2) is 6.07 Å². The monoisotopic (exact) mass is 297 g/mol. The van der Waals surface area contributed by atoms with Gasteiger partial charge in [0.1, 0.15) is 5.75 Å². The lowest BCUT2D eigenvalue weighted by atomic mass is 9.90. The van der Waals surface area contributed by atoms with Crippen LogP contribution >= 0.6 is 11.6 Å². The minimum Gasteiger partial charge on any atom is -0.495 e. The predicted octanol–water partition coefficient (Wildman–Crippen LogP) is 2.98. The lowest BCUT2D eigenvalue weighted by Crippen LogP contribution is -2.29. The number of benzene rings is 1. The first-order valence-electron chi connectivity index (χ1n) is 7.18.